The van der Waals surface area contributed by atoms with Crippen molar-refractivity contribution in [2.75, 3.05) is 13.1 Å². The molecule has 0 atom stereocenters. The summed E-state index contributed by atoms with van der Waals surface area (Å²) in [4.78, 5) is 25.0. The van der Waals surface area contributed by atoms with Crippen LogP contribution in [0.1, 0.15) is 27.7 Å². The Balaban J connectivity index is 3.77. The van der Waals surface area contributed by atoms with Crippen LogP contribution in [0.2, 0.25) is 19.6 Å². The Morgan fingerprint density at radius 3 is 1.62 bits per heavy atom. The van der Waals surface area contributed by atoms with Crippen molar-refractivity contribution in [1.82, 2.24) is 9.13 Å². The van der Waals surface area contributed by atoms with Gasteiger partial charge in [-0.1, -0.05) is 30.3 Å². The first-order valence-electron chi connectivity index (χ1n) is 8.42. The molecule has 1 aromatic carbocycles. The SMILES string of the molecule is CCN(C(C)=O)[Si](O[Si](C)(C)C)(c1ccccc1)N(CC)C(C)=O. The number of carbonyl (C=O) groups is 2. The van der Waals surface area contributed by atoms with Gasteiger partial charge >= 0.3 is 8.64 Å². The molecule has 5 nitrogen and oxygen atoms in total. The molecule has 0 unspecified atom stereocenters. The molecule has 0 aromatic heterocycles. The van der Waals surface area contributed by atoms with Crippen molar-refractivity contribution in [3.05, 3.63) is 30.3 Å². The van der Waals surface area contributed by atoms with E-state index in [1.54, 1.807) is 23.0 Å². The van der Waals surface area contributed by atoms with Gasteiger partial charge in [0.1, 0.15) is 0 Å². The van der Waals surface area contributed by atoms with Gasteiger partial charge in [0, 0.05) is 32.1 Å². The number of hydrogen-bond acceptors (Lipinski definition) is 3. The van der Waals surface area contributed by atoms with Crippen LogP contribution in [0.15, 0.2) is 30.3 Å². The lowest BCUT2D eigenvalue weighted by atomic mass is 10.4. The molecule has 1 aromatic rings. The molecule has 2 amide bonds. The molecule has 0 bridgehead atoms. The monoisotopic (exact) mass is 366 g/mol. The first-order chi connectivity index (χ1) is 11.1. The summed E-state index contributed by atoms with van der Waals surface area (Å²) in [7, 11) is -5.21. The van der Waals surface area contributed by atoms with Gasteiger partial charge in [0.25, 0.3) is 0 Å². The smallest absolute Gasteiger partial charge is 0.422 e. The Bertz CT molecular complexity index is 551. The van der Waals surface area contributed by atoms with E-state index in [9.17, 15) is 9.59 Å². The van der Waals surface area contributed by atoms with Gasteiger partial charge in [-0.3, -0.25) is 9.59 Å². The second-order valence-corrected chi connectivity index (χ2v) is 14.6. The Morgan fingerprint density at radius 2 is 1.33 bits per heavy atom. The normalized spacial score (nSPS) is 12.0. The molecule has 0 aliphatic rings. The van der Waals surface area contributed by atoms with Crippen LogP contribution in [0.4, 0.5) is 0 Å². The molecule has 0 saturated heterocycles. The standard InChI is InChI=1S/C17H30N2O3Si2/c1-8-18(15(3)20)24(22-23(5,6)7,19(9-2)16(4)21)17-13-11-10-12-14-17/h10-14H,8-9H2,1-7H3. The zero-order chi connectivity index (χ0) is 18.5. The summed E-state index contributed by atoms with van der Waals surface area (Å²) >= 11 is 0. The van der Waals surface area contributed by atoms with Gasteiger partial charge in [0.2, 0.25) is 11.8 Å². The van der Waals surface area contributed by atoms with Gasteiger partial charge in [0.15, 0.2) is 8.32 Å². The minimum Gasteiger partial charge on any atom is -0.422 e. The number of rotatable bonds is 7. The van der Waals surface area contributed by atoms with E-state index in [0.29, 0.717) is 13.1 Å². The lowest BCUT2D eigenvalue weighted by Gasteiger charge is -2.49. The summed E-state index contributed by atoms with van der Waals surface area (Å²) in [5, 5.41) is 0.932. The third-order valence-corrected chi connectivity index (χ3v) is 11.1. The van der Waals surface area contributed by atoms with E-state index in [2.05, 4.69) is 19.6 Å². The van der Waals surface area contributed by atoms with Gasteiger partial charge in [-0.15, -0.1) is 0 Å². The summed E-state index contributed by atoms with van der Waals surface area (Å²) in [5.41, 5.74) is 0. The predicted molar refractivity (Wildman–Crippen MR) is 102 cm³/mol. The Morgan fingerprint density at radius 1 is 0.917 bits per heavy atom. The third kappa shape index (κ3) is 4.34. The second kappa shape index (κ2) is 8.09. The van der Waals surface area contributed by atoms with E-state index in [0.717, 1.165) is 5.19 Å². The molecule has 0 aliphatic carbocycles. The van der Waals surface area contributed by atoms with Crippen molar-refractivity contribution in [3.8, 4) is 0 Å². The molecule has 0 aliphatic heterocycles. The highest BCUT2D eigenvalue weighted by atomic mass is 28.4. The maximum absolute atomic E-state index is 12.5. The third-order valence-electron chi connectivity index (χ3n) is 3.72. The molecular weight excluding hydrogens is 336 g/mol. The van der Waals surface area contributed by atoms with Crippen LogP contribution in [0.25, 0.3) is 0 Å². The van der Waals surface area contributed by atoms with Crippen molar-refractivity contribution in [3.63, 3.8) is 0 Å². The number of hydrogen-bond donors (Lipinski definition) is 0. The van der Waals surface area contributed by atoms with E-state index in [4.69, 9.17) is 4.12 Å². The first kappa shape index (κ1) is 20.6. The molecule has 24 heavy (non-hydrogen) atoms. The fourth-order valence-corrected chi connectivity index (χ4v) is 11.0. The largest absolute Gasteiger partial charge is 0.448 e. The lowest BCUT2D eigenvalue weighted by molar-refractivity contribution is -0.128. The Labute approximate surface area is 148 Å². The fraction of sp³-hybridized carbons (Fsp3) is 0.529. The summed E-state index contributed by atoms with van der Waals surface area (Å²) in [6.45, 7) is 14.3. The van der Waals surface area contributed by atoms with Crippen LogP contribution in [0.3, 0.4) is 0 Å². The molecule has 0 radical (unpaired) electrons. The molecule has 134 valence electrons. The van der Waals surface area contributed by atoms with Crippen LogP contribution in [0, 0.1) is 0 Å². The number of benzene rings is 1. The van der Waals surface area contributed by atoms with Crippen molar-refractivity contribution >= 4 is 34.0 Å². The summed E-state index contributed by atoms with van der Waals surface area (Å²) < 4.78 is 10.3. The van der Waals surface area contributed by atoms with Gasteiger partial charge in [-0.05, 0) is 33.5 Å². The van der Waals surface area contributed by atoms with Gasteiger partial charge in [0.05, 0.1) is 0 Å². The van der Waals surface area contributed by atoms with Crippen LogP contribution in [0.5, 0.6) is 0 Å². The lowest BCUT2D eigenvalue weighted by Crippen LogP contribution is -2.78. The quantitative estimate of drug-likeness (QED) is 0.696. The Hall–Kier alpha value is -1.45. The van der Waals surface area contributed by atoms with Crippen LogP contribution < -0.4 is 5.19 Å². The molecule has 0 heterocycles. The van der Waals surface area contributed by atoms with Crippen molar-refractivity contribution in [2.45, 2.75) is 47.3 Å². The summed E-state index contributed by atoms with van der Waals surface area (Å²) in [6.07, 6.45) is 0. The first-order valence-corrected chi connectivity index (χ1v) is 13.6. The maximum Gasteiger partial charge on any atom is 0.448 e. The highest BCUT2D eigenvalue weighted by molar-refractivity contribution is 6.92. The summed E-state index contributed by atoms with van der Waals surface area (Å²) in [6, 6.07) is 9.76. The van der Waals surface area contributed by atoms with Gasteiger partial charge < -0.3 is 13.2 Å². The zero-order valence-electron chi connectivity index (χ0n) is 15.9. The maximum atomic E-state index is 12.5. The van der Waals surface area contributed by atoms with Gasteiger partial charge in [-0.25, -0.2) is 0 Å². The molecule has 7 heteroatoms. The zero-order valence-corrected chi connectivity index (χ0v) is 17.9. The van der Waals surface area contributed by atoms with Crippen molar-refractivity contribution in [2.24, 2.45) is 0 Å². The van der Waals surface area contributed by atoms with E-state index < -0.39 is 17.0 Å². The number of amides is 2. The van der Waals surface area contributed by atoms with Gasteiger partial charge in [-0.2, -0.15) is 0 Å². The van der Waals surface area contributed by atoms with E-state index in [1.165, 1.54) is 0 Å². The average Bonchev–Trinajstić information content (AvgIpc) is 2.46. The topological polar surface area (TPSA) is 49.9 Å². The van der Waals surface area contributed by atoms with E-state index in [-0.39, 0.29) is 11.8 Å². The van der Waals surface area contributed by atoms with Crippen molar-refractivity contribution in [1.29, 1.82) is 0 Å². The number of carbonyl (C=O) groups excluding carboxylic acids is 2. The summed E-state index contributed by atoms with van der Waals surface area (Å²) in [5.74, 6) is -0.128. The van der Waals surface area contributed by atoms with E-state index >= 15 is 0 Å². The minimum atomic E-state index is -3.16. The predicted octanol–water partition coefficient (Wildman–Crippen LogP) is 2.42. The molecule has 1 rings (SSSR count). The molecule has 0 spiro atoms. The molecular formula is C17H30N2O3Si2. The highest BCUT2D eigenvalue weighted by Crippen LogP contribution is 2.23. The second-order valence-electron chi connectivity index (χ2n) is 6.72. The van der Waals surface area contributed by atoms with E-state index in [1.807, 2.05) is 44.2 Å². The molecule has 0 fully saturated rings. The number of nitrogens with zero attached hydrogens (tertiary/aromatic N) is 2. The minimum absolute atomic E-state index is 0.0639. The van der Waals surface area contributed by atoms with Crippen molar-refractivity contribution < 1.29 is 13.7 Å². The fourth-order valence-electron chi connectivity index (χ4n) is 3.01. The Kier molecular flexibility index (Phi) is 6.94. The average molecular weight is 367 g/mol. The van der Waals surface area contributed by atoms with Crippen LogP contribution in [-0.2, 0) is 13.7 Å². The molecule has 0 saturated carbocycles. The highest BCUT2D eigenvalue weighted by Gasteiger charge is 2.54. The van der Waals surface area contributed by atoms with Crippen LogP contribution in [-0.4, -0.2) is 51.0 Å². The molecule has 0 N–H and O–H groups in total. The van der Waals surface area contributed by atoms with Crippen LogP contribution >= 0.6 is 0 Å².